The molecule has 1 aliphatic rings. The van der Waals surface area contributed by atoms with Gasteiger partial charge in [-0.2, -0.15) is 0 Å². The van der Waals surface area contributed by atoms with Crippen molar-refractivity contribution in [2.24, 2.45) is 0 Å². The molecule has 8 heteroatoms. The molecule has 0 spiro atoms. The standard InChI is InChI=1S/C22H28N2O5S/c1-4-19(17-8-6-16(3)7-9-17)23-22(25)15-24(30(26,27)5-2)18-10-11-20-21(14-18)29-13-12-28-20/h6-11,14,19H,4-5,12-13,15H2,1-3H3,(H,23,25)/t19-/m1/s1. The van der Waals surface area contributed by atoms with Crippen LogP contribution in [0.25, 0.3) is 0 Å². The quantitative estimate of drug-likeness (QED) is 0.693. The number of sulfonamides is 1. The van der Waals surface area contributed by atoms with Gasteiger partial charge in [-0.1, -0.05) is 36.8 Å². The lowest BCUT2D eigenvalue weighted by Gasteiger charge is -2.26. The first-order chi connectivity index (χ1) is 14.3. The predicted octanol–water partition coefficient (Wildman–Crippen LogP) is 3.19. The minimum Gasteiger partial charge on any atom is -0.486 e. The lowest BCUT2D eigenvalue weighted by atomic mass is 10.0. The number of amides is 1. The fraction of sp³-hybridized carbons (Fsp3) is 0.409. The number of hydrogen-bond acceptors (Lipinski definition) is 5. The predicted molar refractivity (Wildman–Crippen MR) is 117 cm³/mol. The fourth-order valence-electron chi connectivity index (χ4n) is 3.28. The Morgan fingerprint density at radius 3 is 2.37 bits per heavy atom. The third-order valence-corrected chi connectivity index (χ3v) is 6.77. The molecule has 0 bridgehead atoms. The van der Waals surface area contributed by atoms with Crippen molar-refractivity contribution in [2.45, 2.75) is 33.2 Å². The van der Waals surface area contributed by atoms with Crippen molar-refractivity contribution in [3.63, 3.8) is 0 Å². The van der Waals surface area contributed by atoms with E-state index in [9.17, 15) is 13.2 Å². The number of benzene rings is 2. The van der Waals surface area contributed by atoms with Gasteiger partial charge in [-0.15, -0.1) is 0 Å². The molecule has 1 aliphatic heterocycles. The Kier molecular flexibility index (Phi) is 6.87. The highest BCUT2D eigenvalue weighted by atomic mass is 32.2. The maximum Gasteiger partial charge on any atom is 0.241 e. The molecular weight excluding hydrogens is 404 g/mol. The molecule has 0 radical (unpaired) electrons. The number of carbonyl (C=O) groups is 1. The molecule has 2 aromatic rings. The summed E-state index contributed by atoms with van der Waals surface area (Å²) in [7, 11) is -3.67. The van der Waals surface area contributed by atoms with Gasteiger partial charge in [0.1, 0.15) is 19.8 Å². The molecular formula is C22H28N2O5S. The molecule has 0 fully saturated rings. The van der Waals surface area contributed by atoms with E-state index in [0.717, 1.165) is 15.4 Å². The second-order valence-corrected chi connectivity index (χ2v) is 9.36. The second-order valence-electron chi connectivity index (χ2n) is 7.17. The summed E-state index contributed by atoms with van der Waals surface area (Å²) in [6.45, 7) is 6.07. The molecule has 0 saturated carbocycles. The molecule has 0 aromatic heterocycles. The fourth-order valence-corrected chi connectivity index (χ4v) is 4.34. The van der Waals surface area contributed by atoms with Gasteiger partial charge in [0.25, 0.3) is 0 Å². The van der Waals surface area contributed by atoms with E-state index in [1.807, 2.05) is 38.1 Å². The van der Waals surface area contributed by atoms with Gasteiger partial charge in [0, 0.05) is 6.07 Å². The van der Waals surface area contributed by atoms with Crippen molar-refractivity contribution in [1.29, 1.82) is 0 Å². The van der Waals surface area contributed by atoms with Gasteiger partial charge >= 0.3 is 0 Å². The molecule has 162 valence electrons. The van der Waals surface area contributed by atoms with Gasteiger partial charge in [0.2, 0.25) is 15.9 Å². The molecule has 1 N–H and O–H groups in total. The van der Waals surface area contributed by atoms with Gasteiger partial charge in [0.15, 0.2) is 11.5 Å². The summed E-state index contributed by atoms with van der Waals surface area (Å²) in [5.41, 5.74) is 2.50. The van der Waals surface area contributed by atoms with Crippen molar-refractivity contribution >= 4 is 21.6 Å². The first-order valence-corrected chi connectivity index (χ1v) is 11.7. The Morgan fingerprint density at radius 2 is 1.73 bits per heavy atom. The summed E-state index contributed by atoms with van der Waals surface area (Å²) in [6.07, 6.45) is 0.694. The third-order valence-electron chi connectivity index (χ3n) is 5.02. The first-order valence-electron chi connectivity index (χ1n) is 10.1. The summed E-state index contributed by atoms with van der Waals surface area (Å²) in [6, 6.07) is 12.7. The zero-order valence-corrected chi connectivity index (χ0v) is 18.4. The van der Waals surface area contributed by atoms with Crippen LogP contribution in [0.2, 0.25) is 0 Å². The van der Waals surface area contributed by atoms with Crippen molar-refractivity contribution in [1.82, 2.24) is 5.32 Å². The Bertz CT molecular complexity index is 989. The Labute approximate surface area is 178 Å². The SMILES string of the molecule is CC[C@@H](NC(=O)CN(c1ccc2c(c1)OCCO2)S(=O)(=O)CC)c1ccc(C)cc1. The van der Waals surface area contributed by atoms with Crippen LogP contribution in [0, 0.1) is 6.92 Å². The highest BCUT2D eigenvalue weighted by molar-refractivity contribution is 7.92. The van der Waals surface area contributed by atoms with Crippen LogP contribution >= 0.6 is 0 Å². The molecule has 0 aliphatic carbocycles. The molecule has 3 rings (SSSR count). The van der Waals surface area contributed by atoms with Crippen molar-refractivity contribution in [3.05, 3.63) is 53.6 Å². The van der Waals surface area contributed by atoms with Gasteiger partial charge in [-0.25, -0.2) is 8.42 Å². The number of nitrogens with zero attached hydrogens (tertiary/aromatic N) is 1. The van der Waals surface area contributed by atoms with Crippen molar-refractivity contribution < 1.29 is 22.7 Å². The van der Waals surface area contributed by atoms with Crippen LogP contribution in [0.3, 0.4) is 0 Å². The van der Waals surface area contributed by atoms with E-state index in [2.05, 4.69) is 5.32 Å². The van der Waals surface area contributed by atoms with Gasteiger partial charge in [-0.3, -0.25) is 9.10 Å². The van der Waals surface area contributed by atoms with Crippen LogP contribution in [0.5, 0.6) is 11.5 Å². The third kappa shape index (κ3) is 5.05. The summed E-state index contributed by atoms with van der Waals surface area (Å²) in [5, 5.41) is 2.96. The van der Waals surface area contributed by atoms with Crippen LogP contribution in [0.15, 0.2) is 42.5 Å². The van der Waals surface area contributed by atoms with Crippen LogP contribution in [0.4, 0.5) is 5.69 Å². The number of ether oxygens (including phenoxy) is 2. The summed E-state index contributed by atoms with van der Waals surface area (Å²) < 4.78 is 37.7. The highest BCUT2D eigenvalue weighted by Gasteiger charge is 2.26. The largest absolute Gasteiger partial charge is 0.486 e. The Hall–Kier alpha value is -2.74. The van der Waals surface area contributed by atoms with E-state index < -0.39 is 10.0 Å². The number of hydrogen-bond donors (Lipinski definition) is 1. The van der Waals surface area contributed by atoms with Gasteiger partial charge < -0.3 is 14.8 Å². The van der Waals surface area contributed by atoms with Crippen molar-refractivity contribution in [3.8, 4) is 11.5 Å². The van der Waals surface area contributed by atoms with Crippen LogP contribution in [-0.4, -0.2) is 39.8 Å². The lowest BCUT2D eigenvalue weighted by molar-refractivity contribution is -0.120. The molecule has 30 heavy (non-hydrogen) atoms. The summed E-state index contributed by atoms with van der Waals surface area (Å²) >= 11 is 0. The average molecular weight is 433 g/mol. The van der Waals surface area contributed by atoms with Crippen LogP contribution in [0.1, 0.15) is 37.4 Å². The number of aryl methyl sites for hydroxylation is 1. The van der Waals surface area contributed by atoms with Crippen LogP contribution in [-0.2, 0) is 14.8 Å². The Balaban J connectivity index is 1.81. The second kappa shape index (κ2) is 9.38. The lowest BCUT2D eigenvalue weighted by Crippen LogP contribution is -2.42. The zero-order chi connectivity index (χ0) is 21.7. The van der Waals surface area contributed by atoms with E-state index >= 15 is 0 Å². The number of fused-ring (bicyclic) bond motifs is 1. The summed E-state index contributed by atoms with van der Waals surface area (Å²) in [5.74, 6) is 0.550. The molecule has 0 unspecified atom stereocenters. The monoisotopic (exact) mass is 432 g/mol. The minimum absolute atomic E-state index is 0.121. The molecule has 7 nitrogen and oxygen atoms in total. The first kappa shape index (κ1) is 22.0. The Morgan fingerprint density at radius 1 is 1.07 bits per heavy atom. The molecule has 0 saturated heterocycles. The maximum atomic E-state index is 12.8. The molecule has 2 aromatic carbocycles. The van der Waals surface area contributed by atoms with Crippen molar-refractivity contribution in [2.75, 3.05) is 29.8 Å². The smallest absolute Gasteiger partial charge is 0.241 e. The topological polar surface area (TPSA) is 84.9 Å². The zero-order valence-electron chi connectivity index (χ0n) is 17.6. The van der Waals surface area contributed by atoms with E-state index in [-0.39, 0.29) is 24.2 Å². The van der Waals surface area contributed by atoms with Gasteiger partial charge in [-0.05, 0) is 38.0 Å². The minimum atomic E-state index is -3.67. The van der Waals surface area contributed by atoms with E-state index in [1.54, 1.807) is 25.1 Å². The number of carbonyl (C=O) groups excluding carboxylic acids is 1. The van der Waals surface area contributed by atoms with E-state index in [1.165, 1.54) is 0 Å². The molecule has 1 heterocycles. The summed E-state index contributed by atoms with van der Waals surface area (Å²) in [4.78, 5) is 12.8. The highest BCUT2D eigenvalue weighted by Crippen LogP contribution is 2.34. The average Bonchev–Trinajstić information content (AvgIpc) is 2.76. The number of nitrogens with one attached hydrogen (secondary N) is 1. The van der Waals surface area contributed by atoms with E-state index in [4.69, 9.17) is 9.47 Å². The molecule has 1 atom stereocenters. The molecule has 1 amide bonds. The normalized spacial score (nSPS) is 14.1. The van der Waals surface area contributed by atoms with Gasteiger partial charge in [0.05, 0.1) is 17.5 Å². The maximum absolute atomic E-state index is 12.8. The van der Waals surface area contributed by atoms with Crippen LogP contribution < -0.4 is 19.1 Å². The van der Waals surface area contributed by atoms with E-state index in [0.29, 0.717) is 36.8 Å². The number of rotatable bonds is 8. The number of anilines is 1.